The van der Waals surface area contributed by atoms with Crippen LogP contribution in [0.5, 0.6) is 0 Å². The van der Waals surface area contributed by atoms with Crippen molar-refractivity contribution < 1.29 is 54.4 Å². The van der Waals surface area contributed by atoms with E-state index in [4.69, 9.17) is 19.3 Å². The minimum atomic E-state index is -2.55. The van der Waals surface area contributed by atoms with Crippen LogP contribution < -0.4 is 5.32 Å². The molecule has 12 nitrogen and oxygen atoms in total. The molecule has 2 saturated heterocycles. The molecule has 0 radical (unpaired) electrons. The Morgan fingerprint density at radius 2 is 1.69 bits per heavy atom. The second kappa shape index (κ2) is 19.1. The quantitative estimate of drug-likeness (QED) is 0.0935. The number of carboxylic acid groups (broad SMARTS) is 1. The Bertz CT molecular complexity index is 1270. The lowest BCUT2D eigenvalue weighted by atomic mass is 9.71. The summed E-state index contributed by atoms with van der Waals surface area (Å²) in [6, 6.07) is 0. The SMILES string of the molecule is C/C=C\C=C\[C@@H]1O[C@](O)([C@H](CO)C(=O)NC/C=C/C=C(\C)[C@@H](OC)[C@@H](C)[C@H]2C[C@@H](O)[C@H](/C=C/C=C/C=C/C(=O)O)O2)[C@H](O)[C@H](O)C1(C)C. The van der Waals surface area contributed by atoms with Crippen LogP contribution in [-0.4, -0.2) is 111 Å². The Kier molecular flexibility index (Phi) is 16.3. The van der Waals surface area contributed by atoms with Gasteiger partial charge in [-0.25, -0.2) is 4.79 Å². The lowest BCUT2D eigenvalue weighted by Gasteiger charge is -2.52. The Labute approximate surface area is 283 Å². The summed E-state index contributed by atoms with van der Waals surface area (Å²) in [5.74, 6) is -6.08. The number of allylic oxidation sites excluding steroid dienone is 9. The summed E-state index contributed by atoms with van der Waals surface area (Å²) in [7, 11) is 1.58. The van der Waals surface area contributed by atoms with Crippen LogP contribution in [0, 0.1) is 17.3 Å². The van der Waals surface area contributed by atoms with Gasteiger partial charge >= 0.3 is 5.97 Å². The average molecular weight is 676 g/mol. The molecule has 2 aliphatic heterocycles. The van der Waals surface area contributed by atoms with E-state index < -0.39 is 66.1 Å². The predicted molar refractivity (Wildman–Crippen MR) is 180 cm³/mol. The molecule has 1 amide bonds. The molecule has 12 heteroatoms. The van der Waals surface area contributed by atoms with E-state index in [0.717, 1.165) is 11.6 Å². The zero-order valence-electron chi connectivity index (χ0n) is 28.5. The standard InChI is InChI=1S/C36H53NO11/c1-7-8-11-18-29-35(4,5)32(42)33(43)36(45,48-29)25(22-38)34(44)37-20-15-14-16-23(2)31(46-6)24(3)28-21-26(39)27(47-28)17-12-9-10-13-19-30(40)41/h7-19,24-29,31-33,38-39,42-43,45H,20-22H2,1-6H3,(H,37,44)(H,40,41)/b8-7-,10-9+,15-14+,17-12+,18-11+,19-13+,23-16+/t24-,25+,26+,27-,28+,29-,31+,32-,33+,36+/m0/s1. The monoisotopic (exact) mass is 675 g/mol. The van der Waals surface area contributed by atoms with Crippen molar-refractivity contribution in [3.8, 4) is 0 Å². The third-order valence-electron chi connectivity index (χ3n) is 8.84. The fraction of sp³-hybridized carbons (Fsp3) is 0.556. The lowest BCUT2D eigenvalue weighted by Crippen LogP contribution is -2.69. The third-order valence-corrected chi connectivity index (χ3v) is 8.84. The third kappa shape index (κ3) is 10.6. The van der Waals surface area contributed by atoms with E-state index in [0.29, 0.717) is 6.42 Å². The molecule has 7 N–H and O–H groups in total. The summed E-state index contributed by atoms with van der Waals surface area (Å²) < 4.78 is 17.7. The number of rotatable bonds is 16. The van der Waals surface area contributed by atoms with Crippen LogP contribution in [0.4, 0.5) is 0 Å². The highest BCUT2D eigenvalue weighted by molar-refractivity contribution is 5.80. The molecule has 2 heterocycles. The second-order valence-corrected chi connectivity index (χ2v) is 12.7. The van der Waals surface area contributed by atoms with Gasteiger partial charge in [0.1, 0.15) is 18.1 Å². The van der Waals surface area contributed by atoms with Crippen LogP contribution in [0.15, 0.2) is 84.6 Å². The summed E-state index contributed by atoms with van der Waals surface area (Å²) in [6.45, 7) is 8.20. The van der Waals surface area contributed by atoms with Crippen LogP contribution in [0.2, 0.25) is 0 Å². The van der Waals surface area contributed by atoms with E-state index in [1.54, 1.807) is 81.7 Å². The highest BCUT2D eigenvalue weighted by atomic mass is 16.7. The number of aliphatic carboxylic acids is 1. The Morgan fingerprint density at radius 3 is 2.31 bits per heavy atom. The molecule has 0 aromatic carbocycles. The first kappa shape index (κ1) is 41.0. The van der Waals surface area contributed by atoms with E-state index in [2.05, 4.69) is 5.32 Å². The number of hydrogen-bond acceptors (Lipinski definition) is 10. The van der Waals surface area contributed by atoms with Crippen LogP contribution in [0.1, 0.15) is 41.0 Å². The minimum Gasteiger partial charge on any atom is -0.478 e. The van der Waals surface area contributed by atoms with Gasteiger partial charge in [0.15, 0.2) is 0 Å². The van der Waals surface area contributed by atoms with Crippen molar-refractivity contribution in [1.29, 1.82) is 0 Å². The summed E-state index contributed by atoms with van der Waals surface area (Å²) in [5, 5.41) is 64.8. The van der Waals surface area contributed by atoms with Crippen molar-refractivity contribution in [3.05, 3.63) is 84.6 Å². The van der Waals surface area contributed by atoms with Crippen molar-refractivity contribution in [3.63, 3.8) is 0 Å². The first-order valence-electron chi connectivity index (χ1n) is 16.0. The van der Waals surface area contributed by atoms with Crippen LogP contribution >= 0.6 is 0 Å². The molecule has 2 rings (SSSR count). The number of aliphatic hydroxyl groups excluding tert-OH is 4. The molecule has 0 unspecified atom stereocenters. The molecule has 0 spiro atoms. The van der Waals surface area contributed by atoms with Crippen LogP contribution in [-0.2, 0) is 23.8 Å². The maximum Gasteiger partial charge on any atom is 0.328 e. The van der Waals surface area contributed by atoms with Crippen molar-refractivity contribution in [2.24, 2.45) is 17.3 Å². The number of ether oxygens (including phenoxy) is 3. The Balaban J connectivity index is 2.01. The molecule has 10 atom stereocenters. The number of amides is 1. The number of carbonyl (C=O) groups excluding carboxylic acids is 1. The first-order chi connectivity index (χ1) is 22.6. The fourth-order valence-corrected chi connectivity index (χ4v) is 5.83. The lowest BCUT2D eigenvalue weighted by molar-refractivity contribution is -0.361. The first-order valence-corrected chi connectivity index (χ1v) is 16.0. The largest absolute Gasteiger partial charge is 0.478 e. The summed E-state index contributed by atoms with van der Waals surface area (Å²) >= 11 is 0. The van der Waals surface area contributed by atoms with Gasteiger partial charge in [0.2, 0.25) is 11.7 Å². The predicted octanol–water partition coefficient (Wildman–Crippen LogP) is 2.10. The van der Waals surface area contributed by atoms with E-state index in [-0.39, 0.29) is 24.7 Å². The molecule has 0 aliphatic carbocycles. The van der Waals surface area contributed by atoms with Gasteiger partial charge < -0.3 is 50.2 Å². The minimum absolute atomic E-state index is 0.0314. The van der Waals surface area contributed by atoms with Crippen molar-refractivity contribution >= 4 is 11.9 Å². The van der Waals surface area contributed by atoms with Crippen LogP contribution in [0.25, 0.3) is 0 Å². The normalized spacial score (nSPS) is 31.9. The van der Waals surface area contributed by atoms with Gasteiger partial charge in [-0.05, 0) is 19.4 Å². The number of nitrogens with one attached hydrogen (secondary N) is 1. The molecule has 0 bridgehead atoms. The second-order valence-electron chi connectivity index (χ2n) is 12.7. The number of carbonyl (C=O) groups is 2. The van der Waals surface area contributed by atoms with Crippen molar-refractivity contribution in [2.75, 3.05) is 20.3 Å². The summed E-state index contributed by atoms with van der Waals surface area (Å²) in [5.41, 5.74) is -0.137. The molecule has 2 aliphatic rings. The summed E-state index contributed by atoms with van der Waals surface area (Å²) in [4.78, 5) is 23.6. The van der Waals surface area contributed by atoms with E-state index >= 15 is 0 Å². The van der Waals surface area contributed by atoms with E-state index in [1.165, 1.54) is 6.08 Å². The van der Waals surface area contributed by atoms with Crippen molar-refractivity contribution in [1.82, 2.24) is 5.32 Å². The number of methoxy groups -OCH3 is 1. The van der Waals surface area contributed by atoms with E-state index in [1.807, 2.05) is 26.8 Å². The molecular formula is C36H53NO11. The molecule has 0 aromatic heterocycles. The van der Waals surface area contributed by atoms with Gasteiger partial charge in [-0.1, -0.05) is 93.7 Å². The van der Waals surface area contributed by atoms with E-state index in [9.17, 15) is 35.1 Å². The highest BCUT2D eigenvalue weighted by Crippen LogP contribution is 2.44. The molecule has 0 aromatic rings. The topological polar surface area (TPSA) is 195 Å². The fourth-order valence-electron chi connectivity index (χ4n) is 5.83. The van der Waals surface area contributed by atoms with Gasteiger partial charge in [-0.3, -0.25) is 4.79 Å². The van der Waals surface area contributed by atoms with Gasteiger partial charge in [0.25, 0.3) is 0 Å². The number of hydrogen-bond donors (Lipinski definition) is 7. The maximum absolute atomic E-state index is 13.1. The summed E-state index contributed by atoms with van der Waals surface area (Å²) in [6.07, 6.45) is 15.4. The number of carboxylic acids is 1. The van der Waals surface area contributed by atoms with Gasteiger partial charge in [-0.15, -0.1) is 0 Å². The van der Waals surface area contributed by atoms with Gasteiger partial charge in [0.05, 0.1) is 37.1 Å². The molecular weight excluding hydrogens is 622 g/mol. The Morgan fingerprint density at radius 1 is 1.02 bits per heavy atom. The zero-order valence-corrected chi connectivity index (χ0v) is 28.5. The average Bonchev–Trinajstić information content (AvgIpc) is 3.41. The van der Waals surface area contributed by atoms with Gasteiger partial charge in [0, 0.05) is 37.5 Å². The van der Waals surface area contributed by atoms with Gasteiger partial charge in [-0.2, -0.15) is 0 Å². The smallest absolute Gasteiger partial charge is 0.328 e. The molecule has 0 saturated carbocycles. The maximum atomic E-state index is 13.1. The number of aliphatic hydroxyl groups is 5. The molecule has 48 heavy (non-hydrogen) atoms. The van der Waals surface area contributed by atoms with Crippen LogP contribution in [0.3, 0.4) is 0 Å². The highest BCUT2D eigenvalue weighted by Gasteiger charge is 2.60. The molecule has 2 fully saturated rings. The van der Waals surface area contributed by atoms with Crippen molar-refractivity contribution in [2.45, 2.75) is 89.6 Å². The zero-order chi connectivity index (χ0) is 36.1. The molecule has 268 valence electrons. The Hall–Kier alpha value is -3.20.